The van der Waals surface area contributed by atoms with E-state index in [1.807, 2.05) is 0 Å². The highest BCUT2D eigenvalue weighted by Crippen LogP contribution is 2.43. The quantitative estimate of drug-likeness (QED) is 0.689. The average Bonchev–Trinajstić information content (AvgIpc) is 2.42. The van der Waals surface area contributed by atoms with Gasteiger partial charge in [0.25, 0.3) is 0 Å². The molecule has 1 spiro atoms. The fourth-order valence-electron chi connectivity index (χ4n) is 3.39. The minimum Gasteiger partial charge on any atom is -0.317 e. The van der Waals surface area contributed by atoms with Crippen LogP contribution in [0.4, 0.5) is 0 Å². The molecule has 0 unspecified atom stereocenters. The molecule has 0 aromatic heterocycles. The number of piperidine rings is 1. The van der Waals surface area contributed by atoms with Gasteiger partial charge in [-0.25, -0.2) is 13.1 Å². The van der Waals surface area contributed by atoms with Crippen molar-refractivity contribution in [3.05, 3.63) is 0 Å². The van der Waals surface area contributed by atoms with E-state index in [0.717, 1.165) is 0 Å². The summed E-state index contributed by atoms with van der Waals surface area (Å²) in [4.78, 5) is 0. The lowest BCUT2D eigenvalue weighted by atomic mass is 9.67. The van der Waals surface area contributed by atoms with Crippen LogP contribution in [0.15, 0.2) is 0 Å². The molecule has 1 saturated carbocycles. The van der Waals surface area contributed by atoms with Gasteiger partial charge >= 0.3 is 0 Å². The van der Waals surface area contributed by atoms with Crippen LogP contribution in [0.2, 0.25) is 0 Å². The molecule has 5 nitrogen and oxygen atoms in total. The van der Waals surface area contributed by atoms with Crippen molar-refractivity contribution in [2.75, 3.05) is 32.4 Å². The first kappa shape index (κ1) is 21.4. The van der Waals surface area contributed by atoms with Crippen LogP contribution < -0.4 is 15.4 Å². The minimum atomic E-state index is -3.07. The molecule has 1 aliphatic heterocycles. The van der Waals surface area contributed by atoms with Gasteiger partial charge in [0.15, 0.2) is 0 Å². The molecular formula is C13H29Cl2N3O2S. The van der Waals surface area contributed by atoms with Gasteiger partial charge in [-0.05, 0) is 64.1 Å². The summed E-state index contributed by atoms with van der Waals surface area (Å²) in [5, 5.41) is 6.83. The third-order valence-corrected chi connectivity index (χ3v) is 6.19. The normalized spacial score (nSPS) is 22.3. The van der Waals surface area contributed by atoms with E-state index in [2.05, 4.69) is 15.4 Å². The lowest BCUT2D eigenvalue weighted by Crippen LogP contribution is -2.44. The highest BCUT2D eigenvalue weighted by molar-refractivity contribution is 7.89. The van der Waals surface area contributed by atoms with Crippen molar-refractivity contribution in [2.45, 2.75) is 44.6 Å². The Labute approximate surface area is 141 Å². The van der Waals surface area contributed by atoms with Crippen molar-refractivity contribution in [2.24, 2.45) is 5.41 Å². The minimum absolute atomic E-state index is 0. The summed E-state index contributed by atoms with van der Waals surface area (Å²) in [5.41, 5.74) is 0.584. The zero-order valence-electron chi connectivity index (χ0n) is 12.7. The molecule has 3 N–H and O–H groups in total. The fourth-order valence-corrected chi connectivity index (χ4v) is 3.98. The van der Waals surface area contributed by atoms with E-state index in [4.69, 9.17) is 0 Å². The first-order valence-corrected chi connectivity index (χ1v) is 9.06. The first-order valence-electron chi connectivity index (χ1n) is 7.41. The van der Waals surface area contributed by atoms with E-state index in [0.29, 0.717) is 18.0 Å². The zero-order chi connectivity index (χ0) is 13.8. The number of hydrogen-bond acceptors (Lipinski definition) is 4. The number of rotatable bonds is 5. The Hall–Kier alpha value is 0.410. The summed E-state index contributed by atoms with van der Waals surface area (Å²) in [7, 11) is -1.60. The lowest BCUT2D eigenvalue weighted by molar-refractivity contribution is 0.116. The lowest BCUT2D eigenvalue weighted by Gasteiger charge is -2.43. The Morgan fingerprint density at radius 1 is 1.10 bits per heavy atom. The van der Waals surface area contributed by atoms with E-state index in [9.17, 15) is 8.42 Å². The van der Waals surface area contributed by atoms with Crippen molar-refractivity contribution >= 4 is 34.8 Å². The van der Waals surface area contributed by atoms with Crippen molar-refractivity contribution < 1.29 is 8.42 Å². The molecule has 0 bridgehead atoms. The Balaban J connectivity index is 0.00000200. The van der Waals surface area contributed by atoms with Crippen LogP contribution in [0.25, 0.3) is 0 Å². The molecule has 0 atom stereocenters. The van der Waals surface area contributed by atoms with Crippen LogP contribution in [-0.4, -0.2) is 46.9 Å². The van der Waals surface area contributed by atoms with Gasteiger partial charge < -0.3 is 10.6 Å². The highest BCUT2D eigenvalue weighted by Gasteiger charge is 2.35. The molecule has 1 aliphatic carbocycles. The molecule has 1 saturated heterocycles. The Morgan fingerprint density at radius 2 is 1.67 bits per heavy atom. The molecule has 1 heterocycles. The van der Waals surface area contributed by atoms with Gasteiger partial charge in [0.2, 0.25) is 10.0 Å². The molecule has 2 rings (SSSR count). The molecule has 2 fully saturated rings. The van der Waals surface area contributed by atoms with Crippen molar-refractivity contribution in [3.63, 3.8) is 0 Å². The highest BCUT2D eigenvalue weighted by atomic mass is 35.5. The first-order chi connectivity index (χ1) is 9.05. The molecule has 128 valence electrons. The summed E-state index contributed by atoms with van der Waals surface area (Å²) < 4.78 is 25.0. The maximum absolute atomic E-state index is 11.3. The summed E-state index contributed by atoms with van der Waals surface area (Å²) in [6.45, 7) is 2.89. The van der Waals surface area contributed by atoms with Gasteiger partial charge in [0.05, 0.1) is 5.75 Å². The van der Waals surface area contributed by atoms with Crippen molar-refractivity contribution in [1.82, 2.24) is 15.4 Å². The van der Waals surface area contributed by atoms with Crippen LogP contribution in [0.1, 0.15) is 38.5 Å². The number of sulfonamides is 1. The zero-order valence-corrected chi connectivity index (χ0v) is 15.1. The van der Waals surface area contributed by atoms with Crippen molar-refractivity contribution in [3.8, 4) is 0 Å². The van der Waals surface area contributed by atoms with E-state index in [-0.39, 0.29) is 30.6 Å². The standard InChI is InChI=1S/C13H27N3O2S.2ClH/c1-14-19(17,18)11-10-16-12-2-4-13(5-3-12)6-8-15-9-7-13;;/h12,14-16H,2-11H2,1H3;2*1H. The van der Waals surface area contributed by atoms with E-state index in [1.54, 1.807) is 0 Å². The largest absolute Gasteiger partial charge is 0.317 e. The van der Waals surface area contributed by atoms with Gasteiger partial charge in [0.1, 0.15) is 0 Å². The van der Waals surface area contributed by atoms with Crippen LogP contribution in [-0.2, 0) is 10.0 Å². The van der Waals surface area contributed by atoms with E-state index in [1.165, 1.54) is 58.7 Å². The fraction of sp³-hybridized carbons (Fsp3) is 1.00. The summed E-state index contributed by atoms with van der Waals surface area (Å²) >= 11 is 0. The van der Waals surface area contributed by atoms with Crippen LogP contribution in [0.5, 0.6) is 0 Å². The number of hydrogen-bond donors (Lipinski definition) is 3. The Kier molecular flexibility index (Phi) is 9.71. The van der Waals surface area contributed by atoms with Crippen LogP contribution in [0.3, 0.4) is 0 Å². The maximum atomic E-state index is 11.3. The molecule has 2 aliphatic rings. The van der Waals surface area contributed by atoms with E-state index >= 15 is 0 Å². The third kappa shape index (κ3) is 6.59. The third-order valence-electron chi connectivity index (χ3n) is 4.83. The molecule has 8 heteroatoms. The number of halogens is 2. The molecule has 21 heavy (non-hydrogen) atoms. The predicted molar refractivity (Wildman–Crippen MR) is 92.1 cm³/mol. The second-order valence-corrected chi connectivity index (χ2v) is 8.05. The Bertz CT molecular complexity index is 377. The molecule has 0 aromatic rings. The van der Waals surface area contributed by atoms with Gasteiger partial charge in [-0.1, -0.05) is 0 Å². The van der Waals surface area contributed by atoms with Crippen molar-refractivity contribution in [1.29, 1.82) is 0 Å². The van der Waals surface area contributed by atoms with Crippen LogP contribution >= 0.6 is 24.8 Å². The SMILES string of the molecule is CNS(=O)(=O)CCNC1CCC2(CCNCC2)CC1.Cl.Cl. The molecular weight excluding hydrogens is 333 g/mol. The smallest absolute Gasteiger partial charge is 0.212 e. The molecule has 0 radical (unpaired) electrons. The second kappa shape index (κ2) is 9.53. The molecule has 0 aromatic carbocycles. The van der Waals surface area contributed by atoms with E-state index < -0.39 is 10.0 Å². The number of nitrogens with one attached hydrogen (secondary N) is 3. The Morgan fingerprint density at radius 3 is 2.19 bits per heavy atom. The average molecular weight is 362 g/mol. The molecule has 0 amide bonds. The predicted octanol–water partition coefficient (Wildman–Crippen LogP) is 1.28. The van der Waals surface area contributed by atoms with Gasteiger partial charge in [-0.2, -0.15) is 0 Å². The van der Waals surface area contributed by atoms with Crippen LogP contribution in [0, 0.1) is 5.41 Å². The summed E-state index contributed by atoms with van der Waals surface area (Å²) in [6.07, 6.45) is 7.61. The summed E-state index contributed by atoms with van der Waals surface area (Å²) in [6, 6.07) is 0.507. The van der Waals surface area contributed by atoms with Gasteiger partial charge in [0, 0.05) is 12.6 Å². The van der Waals surface area contributed by atoms with Gasteiger partial charge in [-0.15, -0.1) is 24.8 Å². The maximum Gasteiger partial charge on any atom is 0.212 e. The summed E-state index contributed by atoms with van der Waals surface area (Å²) in [5.74, 6) is 0.176. The second-order valence-electron chi connectivity index (χ2n) is 6.00. The van der Waals surface area contributed by atoms with Gasteiger partial charge in [-0.3, -0.25) is 0 Å². The monoisotopic (exact) mass is 361 g/mol. The topological polar surface area (TPSA) is 70.2 Å².